The number of carboxylic acid groups (broad SMARTS) is 1. The SMILES string of the molecule is Cc1csc(C(C)NC(=O)CC(C)(C(=O)O)C(C)C)n1. The number of amides is 1. The van der Waals surface area contributed by atoms with Crippen LogP contribution in [-0.2, 0) is 9.59 Å². The molecule has 0 spiro atoms. The molecule has 2 N–H and O–H groups in total. The molecule has 0 aliphatic rings. The number of aryl methyl sites for hydroxylation is 1. The number of carbonyl (C=O) groups excluding carboxylic acids is 1. The molecule has 0 fully saturated rings. The maximum Gasteiger partial charge on any atom is 0.310 e. The number of aromatic nitrogens is 1. The van der Waals surface area contributed by atoms with Gasteiger partial charge >= 0.3 is 5.97 Å². The van der Waals surface area contributed by atoms with E-state index in [9.17, 15) is 14.7 Å². The van der Waals surface area contributed by atoms with Gasteiger partial charge in [-0.15, -0.1) is 11.3 Å². The van der Waals surface area contributed by atoms with Crippen molar-refractivity contribution >= 4 is 23.2 Å². The molecule has 1 aromatic heterocycles. The number of hydrogen-bond acceptors (Lipinski definition) is 4. The minimum absolute atomic E-state index is 0.0330. The molecule has 0 aliphatic heterocycles. The molecular formula is C14H22N2O3S. The number of hydrogen-bond donors (Lipinski definition) is 2. The Bertz CT molecular complexity index is 498. The predicted molar refractivity (Wildman–Crippen MR) is 78.6 cm³/mol. The first-order valence-corrected chi connectivity index (χ1v) is 7.49. The Morgan fingerprint density at radius 3 is 2.45 bits per heavy atom. The molecule has 112 valence electrons. The lowest BCUT2D eigenvalue weighted by Gasteiger charge is -2.28. The fraction of sp³-hybridized carbons (Fsp3) is 0.643. The van der Waals surface area contributed by atoms with Crippen molar-refractivity contribution in [2.24, 2.45) is 11.3 Å². The minimum atomic E-state index is -1.05. The highest BCUT2D eigenvalue weighted by atomic mass is 32.1. The lowest BCUT2D eigenvalue weighted by Crippen LogP contribution is -2.39. The Morgan fingerprint density at radius 1 is 1.45 bits per heavy atom. The normalized spacial score (nSPS) is 15.7. The zero-order chi connectivity index (χ0) is 15.5. The Labute approximate surface area is 123 Å². The van der Waals surface area contributed by atoms with Crippen LogP contribution in [-0.4, -0.2) is 22.0 Å². The highest BCUT2D eigenvalue weighted by Crippen LogP contribution is 2.31. The third-order valence-electron chi connectivity index (χ3n) is 3.68. The summed E-state index contributed by atoms with van der Waals surface area (Å²) in [6.07, 6.45) is -0.0330. The summed E-state index contributed by atoms with van der Waals surface area (Å²) in [5.74, 6) is -1.33. The third kappa shape index (κ3) is 3.79. The number of nitrogens with zero attached hydrogens (tertiary/aromatic N) is 1. The summed E-state index contributed by atoms with van der Waals surface area (Å²) in [4.78, 5) is 27.7. The summed E-state index contributed by atoms with van der Waals surface area (Å²) in [6.45, 7) is 8.99. The number of nitrogens with one attached hydrogen (secondary N) is 1. The number of thiazole rings is 1. The molecule has 0 saturated carbocycles. The molecule has 1 rings (SSSR count). The topological polar surface area (TPSA) is 79.3 Å². The summed E-state index contributed by atoms with van der Waals surface area (Å²) in [5.41, 5.74) is -0.133. The summed E-state index contributed by atoms with van der Waals surface area (Å²) in [7, 11) is 0. The van der Waals surface area contributed by atoms with Crippen LogP contribution in [0.15, 0.2) is 5.38 Å². The molecule has 6 heteroatoms. The van der Waals surface area contributed by atoms with Gasteiger partial charge in [0.25, 0.3) is 0 Å². The summed E-state index contributed by atoms with van der Waals surface area (Å²) in [6, 6.07) is -0.202. The van der Waals surface area contributed by atoms with Crippen LogP contribution in [0, 0.1) is 18.3 Å². The van der Waals surface area contributed by atoms with Gasteiger partial charge in [-0.1, -0.05) is 13.8 Å². The number of carboxylic acids is 1. The van der Waals surface area contributed by atoms with Crippen molar-refractivity contribution in [3.05, 3.63) is 16.1 Å². The van der Waals surface area contributed by atoms with Crippen molar-refractivity contribution in [2.45, 2.75) is 47.1 Å². The van der Waals surface area contributed by atoms with Crippen molar-refractivity contribution in [1.82, 2.24) is 10.3 Å². The predicted octanol–water partition coefficient (Wildman–Crippen LogP) is 2.77. The van der Waals surface area contributed by atoms with Crippen molar-refractivity contribution in [1.29, 1.82) is 0 Å². The standard InChI is InChI=1S/C14H22N2O3S/c1-8(2)14(5,13(18)19)6-11(17)16-10(4)12-15-9(3)7-20-12/h7-8,10H,6H2,1-5H3,(H,16,17)(H,18,19). The molecule has 0 radical (unpaired) electrons. The second kappa shape index (κ2) is 6.35. The van der Waals surface area contributed by atoms with Crippen LogP contribution in [0.4, 0.5) is 0 Å². The van der Waals surface area contributed by atoms with E-state index in [0.29, 0.717) is 0 Å². The molecule has 1 aromatic rings. The Kier molecular flexibility index (Phi) is 5.28. The van der Waals surface area contributed by atoms with Crippen LogP contribution in [0.25, 0.3) is 0 Å². The molecule has 2 unspecified atom stereocenters. The van der Waals surface area contributed by atoms with Crippen LogP contribution < -0.4 is 5.32 Å². The first-order chi connectivity index (χ1) is 9.16. The minimum Gasteiger partial charge on any atom is -0.481 e. The van der Waals surface area contributed by atoms with Gasteiger partial charge in [-0.3, -0.25) is 9.59 Å². The molecule has 0 bridgehead atoms. The fourth-order valence-corrected chi connectivity index (χ4v) is 2.59. The van der Waals surface area contributed by atoms with Gasteiger partial charge < -0.3 is 10.4 Å². The number of aliphatic carboxylic acids is 1. The quantitative estimate of drug-likeness (QED) is 0.846. The zero-order valence-electron chi connectivity index (χ0n) is 12.6. The van der Waals surface area contributed by atoms with E-state index >= 15 is 0 Å². The number of rotatable bonds is 6. The smallest absolute Gasteiger partial charge is 0.310 e. The average molecular weight is 298 g/mol. The van der Waals surface area contributed by atoms with Gasteiger partial charge in [0.15, 0.2) is 0 Å². The monoisotopic (exact) mass is 298 g/mol. The van der Waals surface area contributed by atoms with E-state index < -0.39 is 11.4 Å². The molecular weight excluding hydrogens is 276 g/mol. The average Bonchev–Trinajstić information content (AvgIpc) is 2.75. The lowest BCUT2D eigenvalue weighted by atomic mass is 9.76. The van der Waals surface area contributed by atoms with E-state index in [-0.39, 0.29) is 24.3 Å². The van der Waals surface area contributed by atoms with Gasteiger partial charge in [-0.25, -0.2) is 4.98 Å². The molecule has 0 aliphatic carbocycles. The van der Waals surface area contributed by atoms with Gasteiger partial charge in [0.2, 0.25) is 5.91 Å². The highest BCUT2D eigenvalue weighted by Gasteiger charge is 2.39. The molecule has 5 nitrogen and oxygen atoms in total. The highest BCUT2D eigenvalue weighted by molar-refractivity contribution is 7.09. The molecule has 0 aromatic carbocycles. The Hall–Kier alpha value is -1.43. The maximum absolute atomic E-state index is 12.1. The Morgan fingerprint density at radius 2 is 2.05 bits per heavy atom. The molecule has 1 heterocycles. The molecule has 0 saturated heterocycles. The summed E-state index contributed by atoms with van der Waals surface area (Å²) < 4.78 is 0. The van der Waals surface area contributed by atoms with Crippen molar-refractivity contribution in [3.8, 4) is 0 Å². The zero-order valence-corrected chi connectivity index (χ0v) is 13.4. The van der Waals surface area contributed by atoms with E-state index in [4.69, 9.17) is 0 Å². The summed E-state index contributed by atoms with van der Waals surface area (Å²) >= 11 is 1.49. The van der Waals surface area contributed by atoms with Gasteiger partial charge in [-0.2, -0.15) is 0 Å². The number of carbonyl (C=O) groups is 2. The lowest BCUT2D eigenvalue weighted by molar-refractivity contribution is -0.153. The van der Waals surface area contributed by atoms with Crippen molar-refractivity contribution in [3.63, 3.8) is 0 Å². The second-order valence-electron chi connectivity index (χ2n) is 5.67. The first kappa shape index (κ1) is 16.6. The fourth-order valence-electron chi connectivity index (χ4n) is 1.79. The summed E-state index contributed by atoms with van der Waals surface area (Å²) in [5, 5.41) is 14.9. The van der Waals surface area contributed by atoms with E-state index in [1.165, 1.54) is 11.3 Å². The molecule has 20 heavy (non-hydrogen) atoms. The third-order valence-corrected chi connectivity index (χ3v) is 4.82. The van der Waals surface area contributed by atoms with Crippen molar-refractivity contribution < 1.29 is 14.7 Å². The van der Waals surface area contributed by atoms with Crippen LogP contribution >= 0.6 is 11.3 Å². The van der Waals surface area contributed by atoms with Crippen LogP contribution in [0.1, 0.15) is 50.9 Å². The molecule has 1 amide bonds. The largest absolute Gasteiger partial charge is 0.481 e. The van der Waals surface area contributed by atoms with E-state index in [0.717, 1.165) is 10.7 Å². The van der Waals surface area contributed by atoms with E-state index in [1.54, 1.807) is 6.92 Å². The van der Waals surface area contributed by atoms with Crippen LogP contribution in [0.3, 0.4) is 0 Å². The Balaban J connectivity index is 2.69. The van der Waals surface area contributed by atoms with E-state index in [2.05, 4.69) is 10.3 Å². The van der Waals surface area contributed by atoms with Gasteiger partial charge in [0.1, 0.15) is 5.01 Å². The van der Waals surface area contributed by atoms with Gasteiger partial charge in [-0.05, 0) is 26.7 Å². The van der Waals surface area contributed by atoms with Crippen LogP contribution in [0.5, 0.6) is 0 Å². The van der Waals surface area contributed by atoms with Gasteiger partial charge in [0, 0.05) is 17.5 Å². The maximum atomic E-state index is 12.1. The van der Waals surface area contributed by atoms with Gasteiger partial charge in [0.05, 0.1) is 11.5 Å². The van der Waals surface area contributed by atoms with E-state index in [1.807, 2.05) is 33.1 Å². The van der Waals surface area contributed by atoms with Crippen molar-refractivity contribution in [2.75, 3.05) is 0 Å². The first-order valence-electron chi connectivity index (χ1n) is 6.61. The van der Waals surface area contributed by atoms with Crippen LogP contribution in [0.2, 0.25) is 0 Å². The second-order valence-corrected chi connectivity index (χ2v) is 6.56. The molecule has 2 atom stereocenters.